The van der Waals surface area contributed by atoms with Crippen LogP contribution in [0.25, 0.3) is 0 Å². The van der Waals surface area contributed by atoms with Gasteiger partial charge in [0.25, 0.3) is 0 Å². The Kier molecular flexibility index (Phi) is 5.54. The maximum Gasteiger partial charge on any atom is 0.422 e. The summed E-state index contributed by atoms with van der Waals surface area (Å²) >= 11 is 3.20. The average Bonchev–Trinajstić information content (AvgIpc) is 2.29. The second-order valence-electron chi connectivity index (χ2n) is 4.84. The zero-order valence-corrected chi connectivity index (χ0v) is 14.1. The van der Waals surface area contributed by atoms with Gasteiger partial charge in [-0.2, -0.15) is 0 Å². The van der Waals surface area contributed by atoms with Gasteiger partial charge in [-0.25, -0.2) is 24.1 Å². The molecule has 0 aliphatic heterocycles. The van der Waals surface area contributed by atoms with Crippen molar-refractivity contribution in [2.75, 3.05) is 11.0 Å². The zero-order valence-electron chi connectivity index (χ0n) is 11.7. The largest absolute Gasteiger partial charge is 0.464 e. The molecule has 0 bridgehead atoms. The highest BCUT2D eigenvalue weighted by Gasteiger charge is 2.29. The molecule has 4 N–H and O–H groups in total. The van der Waals surface area contributed by atoms with Crippen molar-refractivity contribution in [3.63, 3.8) is 0 Å². The summed E-state index contributed by atoms with van der Waals surface area (Å²) in [5.41, 5.74) is 0.422. The molecule has 1 heterocycles. The third-order valence-electron chi connectivity index (χ3n) is 2.61. The molecule has 0 aromatic carbocycles. The van der Waals surface area contributed by atoms with E-state index in [1.165, 1.54) is 12.3 Å². The highest BCUT2D eigenvalue weighted by molar-refractivity contribution is 9.10. The summed E-state index contributed by atoms with van der Waals surface area (Å²) in [4.78, 5) is 15.2. The number of hydrogen-bond acceptors (Lipinski definition) is 5. The Morgan fingerprint density at radius 2 is 2.10 bits per heavy atom. The number of nitrogens with zero attached hydrogens (tertiary/aromatic N) is 2. The zero-order chi connectivity index (χ0) is 16.4. The van der Waals surface area contributed by atoms with Crippen molar-refractivity contribution >= 4 is 37.7 Å². The van der Waals surface area contributed by atoms with E-state index in [4.69, 9.17) is 10.9 Å². The van der Waals surface area contributed by atoms with Crippen LogP contribution in [0.4, 0.5) is 10.5 Å². The summed E-state index contributed by atoms with van der Waals surface area (Å²) in [6.07, 6.45) is 1.12. The van der Waals surface area contributed by atoms with Gasteiger partial charge < -0.3 is 5.11 Å². The molecule has 1 unspecified atom stereocenters. The molecule has 21 heavy (non-hydrogen) atoms. The Labute approximate surface area is 131 Å². The Bertz CT molecular complexity index is 635. The first-order valence-corrected chi connectivity index (χ1v) is 8.61. The molecule has 0 spiro atoms. The maximum absolute atomic E-state index is 11.4. The number of carboxylic acid groups (broad SMARTS) is 1. The van der Waals surface area contributed by atoms with E-state index in [9.17, 15) is 13.2 Å². The van der Waals surface area contributed by atoms with Gasteiger partial charge in [-0.3, -0.25) is 9.71 Å². The first-order chi connectivity index (χ1) is 9.53. The number of hydrogen-bond donors (Lipinski definition) is 3. The molecule has 1 aromatic rings. The first-order valence-electron chi connectivity index (χ1n) is 5.93. The molecule has 1 atom stereocenters. The monoisotopic (exact) mass is 380 g/mol. The number of pyridine rings is 1. The lowest BCUT2D eigenvalue weighted by atomic mass is 9.99. The van der Waals surface area contributed by atoms with E-state index in [1.54, 1.807) is 13.8 Å². The lowest BCUT2D eigenvalue weighted by molar-refractivity contribution is 0.108. The van der Waals surface area contributed by atoms with Crippen LogP contribution < -0.4 is 10.6 Å². The van der Waals surface area contributed by atoms with Gasteiger partial charge in [0.2, 0.25) is 10.0 Å². The normalized spacial score (nSPS) is 13.0. The Balaban J connectivity index is 3.41. The lowest BCUT2D eigenvalue weighted by Crippen LogP contribution is -2.42. The van der Waals surface area contributed by atoms with Gasteiger partial charge in [0.1, 0.15) is 0 Å². The predicted molar refractivity (Wildman–Crippen MR) is 82.0 cm³/mol. The molecule has 1 rings (SSSR count). The summed E-state index contributed by atoms with van der Waals surface area (Å²) in [6.45, 7) is 3.53. The number of sulfonamides is 1. The van der Waals surface area contributed by atoms with Crippen molar-refractivity contribution < 1.29 is 18.3 Å². The average molecular weight is 381 g/mol. The van der Waals surface area contributed by atoms with E-state index in [1.807, 2.05) is 0 Å². The summed E-state index contributed by atoms with van der Waals surface area (Å²) in [5, 5.41) is 9.69. The molecule has 0 radical (unpaired) electrons. The molecular weight excluding hydrogens is 364 g/mol. The van der Waals surface area contributed by atoms with E-state index < -0.39 is 22.2 Å². The van der Waals surface area contributed by atoms with Crippen LogP contribution >= 0.6 is 15.9 Å². The van der Waals surface area contributed by atoms with Crippen LogP contribution in [0, 0.1) is 5.92 Å². The van der Waals surface area contributed by atoms with Crippen LogP contribution in [0.3, 0.4) is 0 Å². The number of nitrogens with one attached hydrogen (secondary N) is 1. The van der Waals surface area contributed by atoms with Crippen LogP contribution in [0.2, 0.25) is 0 Å². The molecule has 1 aromatic heterocycles. The van der Waals surface area contributed by atoms with Gasteiger partial charge >= 0.3 is 6.09 Å². The minimum atomic E-state index is -3.54. The fourth-order valence-corrected chi connectivity index (χ4v) is 2.75. The van der Waals surface area contributed by atoms with Crippen molar-refractivity contribution in [3.8, 4) is 0 Å². The van der Waals surface area contributed by atoms with Crippen LogP contribution in [-0.4, -0.2) is 35.9 Å². The molecule has 0 saturated heterocycles. The highest BCUT2D eigenvalue weighted by atomic mass is 79.9. The lowest BCUT2D eigenvalue weighted by Gasteiger charge is -2.29. The van der Waals surface area contributed by atoms with Gasteiger partial charge in [0.05, 0.1) is 23.7 Å². The number of rotatable bonds is 5. The Hall–Kier alpha value is -1.39. The van der Waals surface area contributed by atoms with Crippen LogP contribution in [0.15, 0.2) is 16.7 Å². The van der Waals surface area contributed by atoms with Gasteiger partial charge in [-0.15, -0.1) is 0 Å². The van der Waals surface area contributed by atoms with E-state index in [-0.39, 0.29) is 17.3 Å². The van der Waals surface area contributed by atoms with Crippen LogP contribution in [0.5, 0.6) is 0 Å². The molecular formula is C11H17BrN4O4S. The predicted octanol–water partition coefficient (Wildman–Crippen LogP) is 1.77. The number of nitrogens with two attached hydrogens (primary N) is 1. The maximum atomic E-state index is 11.4. The molecule has 8 nitrogen and oxygen atoms in total. The number of amides is 1. The summed E-state index contributed by atoms with van der Waals surface area (Å²) in [7, 11) is -3.54. The van der Waals surface area contributed by atoms with Crippen molar-refractivity contribution in [1.29, 1.82) is 0 Å². The number of anilines is 1. The minimum Gasteiger partial charge on any atom is -0.464 e. The number of hydrazine groups is 1. The van der Waals surface area contributed by atoms with Crippen LogP contribution in [0.1, 0.15) is 25.6 Å². The first kappa shape index (κ1) is 17.7. The molecule has 0 aliphatic rings. The topological polar surface area (TPSA) is 126 Å². The van der Waals surface area contributed by atoms with Gasteiger partial charge in [0, 0.05) is 10.7 Å². The molecule has 1 amide bonds. The van der Waals surface area contributed by atoms with Crippen molar-refractivity contribution in [1.82, 2.24) is 9.99 Å². The van der Waals surface area contributed by atoms with E-state index >= 15 is 0 Å². The van der Waals surface area contributed by atoms with Gasteiger partial charge in [0.15, 0.2) is 0 Å². The summed E-state index contributed by atoms with van der Waals surface area (Å²) in [6, 6.07) is 0.717. The third kappa shape index (κ3) is 4.83. The Morgan fingerprint density at radius 1 is 1.52 bits per heavy atom. The quantitative estimate of drug-likeness (QED) is 0.405. The molecule has 0 aliphatic carbocycles. The van der Waals surface area contributed by atoms with Crippen molar-refractivity contribution in [2.24, 2.45) is 11.8 Å². The number of carbonyl (C=O) groups is 1. The highest BCUT2D eigenvalue weighted by Crippen LogP contribution is 2.32. The van der Waals surface area contributed by atoms with Crippen molar-refractivity contribution in [3.05, 3.63) is 22.4 Å². The molecule has 118 valence electrons. The standard InChI is InChI=1S/C11H17BrN4O4S/c1-6(2)10(16(13)11(17)18)9-8(15-21(3,19)20)4-7(12)5-14-9/h4-6,10,15H,13H2,1-3H3,(H,17,18). The van der Waals surface area contributed by atoms with E-state index in [0.717, 1.165) is 6.26 Å². The molecule has 0 fully saturated rings. The number of aromatic nitrogens is 1. The fourth-order valence-electron chi connectivity index (χ4n) is 1.85. The smallest absolute Gasteiger partial charge is 0.422 e. The molecule has 10 heteroatoms. The molecule has 0 saturated carbocycles. The van der Waals surface area contributed by atoms with Gasteiger partial charge in [-0.1, -0.05) is 13.8 Å². The SMILES string of the molecule is CC(C)C(c1ncc(Br)cc1NS(C)(=O)=O)N(N)C(=O)O. The summed E-state index contributed by atoms with van der Waals surface area (Å²) < 4.78 is 25.8. The van der Waals surface area contributed by atoms with Gasteiger partial charge in [-0.05, 0) is 27.9 Å². The van der Waals surface area contributed by atoms with Crippen molar-refractivity contribution in [2.45, 2.75) is 19.9 Å². The third-order valence-corrected chi connectivity index (χ3v) is 3.64. The Morgan fingerprint density at radius 3 is 2.52 bits per heavy atom. The van der Waals surface area contributed by atoms with E-state index in [2.05, 4.69) is 25.6 Å². The second-order valence-corrected chi connectivity index (χ2v) is 7.50. The minimum absolute atomic E-state index is 0.183. The van der Waals surface area contributed by atoms with E-state index in [0.29, 0.717) is 9.48 Å². The second kappa shape index (κ2) is 6.58. The number of halogens is 1. The van der Waals surface area contributed by atoms with Crippen LogP contribution in [-0.2, 0) is 10.0 Å². The fraction of sp³-hybridized carbons (Fsp3) is 0.455. The summed E-state index contributed by atoms with van der Waals surface area (Å²) in [5.74, 6) is 5.36.